The minimum Gasteiger partial charge on any atom is -0.408 e. The highest BCUT2D eigenvalue weighted by molar-refractivity contribution is 5.89. The number of rotatable bonds is 4. The SMILES string of the molecule is O=C(CCn1c(=O)oc2ccccc21)Nc1ccccn1. The van der Waals surface area contributed by atoms with E-state index in [4.69, 9.17) is 4.42 Å². The van der Waals surface area contributed by atoms with Gasteiger partial charge in [-0.15, -0.1) is 0 Å². The van der Waals surface area contributed by atoms with E-state index in [1.807, 2.05) is 6.07 Å². The molecule has 3 rings (SSSR count). The molecule has 2 aromatic heterocycles. The first kappa shape index (κ1) is 13.1. The molecule has 3 aromatic rings. The van der Waals surface area contributed by atoms with Gasteiger partial charge < -0.3 is 9.73 Å². The first-order chi connectivity index (χ1) is 10.2. The van der Waals surface area contributed by atoms with Crippen LogP contribution in [0.1, 0.15) is 6.42 Å². The van der Waals surface area contributed by atoms with Crippen LogP contribution >= 0.6 is 0 Å². The second-order valence-electron chi connectivity index (χ2n) is 4.50. The quantitative estimate of drug-likeness (QED) is 0.794. The van der Waals surface area contributed by atoms with Gasteiger partial charge in [0.1, 0.15) is 5.82 Å². The summed E-state index contributed by atoms with van der Waals surface area (Å²) in [6.07, 6.45) is 1.77. The number of carbonyl (C=O) groups excluding carboxylic acids is 1. The lowest BCUT2D eigenvalue weighted by atomic mass is 10.3. The molecular formula is C15H13N3O3. The first-order valence-corrected chi connectivity index (χ1v) is 6.53. The largest absolute Gasteiger partial charge is 0.419 e. The van der Waals surface area contributed by atoms with Crippen molar-refractivity contribution in [3.63, 3.8) is 0 Å². The molecule has 0 radical (unpaired) electrons. The van der Waals surface area contributed by atoms with Crippen LogP contribution in [-0.2, 0) is 11.3 Å². The van der Waals surface area contributed by atoms with E-state index in [-0.39, 0.29) is 18.9 Å². The maximum absolute atomic E-state index is 11.9. The minimum atomic E-state index is -0.457. The molecule has 0 spiro atoms. The van der Waals surface area contributed by atoms with Gasteiger partial charge >= 0.3 is 5.76 Å². The molecule has 0 saturated carbocycles. The Morgan fingerprint density at radius 2 is 2.00 bits per heavy atom. The highest BCUT2D eigenvalue weighted by atomic mass is 16.4. The van der Waals surface area contributed by atoms with Crippen LogP contribution in [0, 0.1) is 0 Å². The fraction of sp³-hybridized carbons (Fsp3) is 0.133. The molecule has 0 bridgehead atoms. The summed E-state index contributed by atoms with van der Waals surface area (Å²) in [4.78, 5) is 27.6. The summed E-state index contributed by atoms with van der Waals surface area (Å²) < 4.78 is 6.56. The summed E-state index contributed by atoms with van der Waals surface area (Å²) in [7, 11) is 0. The van der Waals surface area contributed by atoms with E-state index in [0.717, 1.165) is 0 Å². The first-order valence-electron chi connectivity index (χ1n) is 6.53. The van der Waals surface area contributed by atoms with Crippen LogP contribution in [0.15, 0.2) is 57.9 Å². The van der Waals surface area contributed by atoms with Gasteiger partial charge in [0.05, 0.1) is 5.52 Å². The van der Waals surface area contributed by atoms with Crippen LogP contribution in [0.25, 0.3) is 11.1 Å². The molecule has 0 aliphatic rings. The Labute approximate surface area is 120 Å². The van der Waals surface area contributed by atoms with E-state index in [2.05, 4.69) is 10.3 Å². The van der Waals surface area contributed by atoms with Gasteiger partial charge in [-0.25, -0.2) is 9.78 Å². The van der Waals surface area contributed by atoms with Gasteiger partial charge in [0, 0.05) is 19.2 Å². The Morgan fingerprint density at radius 3 is 2.81 bits per heavy atom. The molecule has 0 saturated heterocycles. The zero-order valence-corrected chi connectivity index (χ0v) is 11.2. The highest BCUT2D eigenvalue weighted by Crippen LogP contribution is 2.12. The molecular weight excluding hydrogens is 270 g/mol. The number of oxazole rings is 1. The van der Waals surface area contributed by atoms with Crippen molar-refractivity contribution in [2.75, 3.05) is 5.32 Å². The van der Waals surface area contributed by atoms with Crippen LogP contribution in [-0.4, -0.2) is 15.5 Å². The van der Waals surface area contributed by atoms with Crippen molar-refractivity contribution < 1.29 is 9.21 Å². The number of nitrogens with zero attached hydrogens (tertiary/aromatic N) is 2. The number of para-hydroxylation sites is 2. The van der Waals surface area contributed by atoms with Gasteiger partial charge in [-0.05, 0) is 24.3 Å². The zero-order chi connectivity index (χ0) is 14.7. The van der Waals surface area contributed by atoms with Crippen molar-refractivity contribution >= 4 is 22.8 Å². The molecule has 0 aliphatic heterocycles. The topological polar surface area (TPSA) is 77.1 Å². The number of aryl methyl sites for hydroxylation is 1. The van der Waals surface area contributed by atoms with Crippen molar-refractivity contribution in [3.8, 4) is 0 Å². The van der Waals surface area contributed by atoms with Crippen molar-refractivity contribution in [1.82, 2.24) is 9.55 Å². The molecule has 6 nitrogen and oxygen atoms in total. The fourth-order valence-electron chi connectivity index (χ4n) is 2.08. The predicted molar refractivity (Wildman–Crippen MR) is 78.0 cm³/mol. The standard InChI is InChI=1S/C15H13N3O3/c19-14(17-13-7-3-4-9-16-13)8-10-18-11-5-1-2-6-12(11)21-15(18)20/h1-7,9H,8,10H2,(H,16,17,19). The maximum Gasteiger partial charge on any atom is 0.419 e. The summed E-state index contributed by atoms with van der Waals surface area (Å²) in [6.45, 7) is 0.258. The summed E-state index contributed by atoms with van der Waals surface area (Å²) >= 11 is 0. The van der Waals surface area contributed by atoms with Crippen LogP contribution in [0.3, 0.4) is 0 Å². The Balaban J connectivity index is 1.71. The number of carbonyl (C=O) groups is 1. The molecule has 1 amide bonds. The van der Waals surface area contributed by atoms with Crippen LogP contribution in [0.2, 0.25) is 0 Å². The number of fused-ring (bicyclic) bond motifs is 1. The van der Waals surface area contributed by atoms with Gasteiger partial charge in [0.25, 0.3) is 0 Å². The number of amides is 1. The smallest absolute Gasteiger partial charge is 0.408 e. The third kappa shape index (κ3) is 2.84. The summed E-state index contributed by atoms with van der Waals surface area (Å²) in [5, 5.41) is 2.68. The van der Waals surface area contributed by atoms with E-state index in [1.165, 1.54) is 4.57 Å². The van der Waals surface area contributed by atoms with E-state index >= 15 is 0 Å². The van der Waals surface area contributed by atoms with Crippen LogP contribution in [0.5, 0.6) is 0 Å². The molecule has 1 aromatic carbocycles. The maximum atomic E-state index is 11.9. The number of pyridine rings is 1. The van der Waals surface area contributed by atoms with Crippen molar-refractivity contribution in [3.05, 3.63) is 59.2 Å². The van der Waals surface area contributed by atoms with Crippen LogP contribution in [0.4, 0.5) is 5.82 Å². The van der Waals surface area contributed by atoms with Gasteiger partial charge in [0.15, 0.2) is 5.58 Å². The van der Waals surface area contributed by atoms with Gasteiger partial charge in [-0.1, -0.05) is 18.2 Å². The summed E-state index contributed by atoms with van der Waals surface area (Å²) in [5.41, 5.74) is 1.21. The average Bonchev–Trinajstić information content (AvgIpc) is 2.81. The van der Waals surface area contributed by atoms with Crippen LogP contribution < -0.4 is 11.1 Å². The Hall–Kier alpha value is -2.89. The average molecular weight is 283 g/mol. The molecule has 2 heterocycles. The van der Waals surface area contributed by atoms with E-state index in [1.54, 1.807) is 42.6 Å². The Morgan fingerprint density at radius 1 is 1.19 bits per heavy atom. The predicted octanol–water partition coefficient (Wildman–Crippen LogP) is 2.02. The lowest BCUT2D eigenvalue weighted by Crippen LogP contribution is -2.20. The number of anilines is 1. The second kappa shape index (κ2) is 5.62. The molecule has 0 fully saturated rings. The van der Waals surface area contributed by atoms with Gasteiger partial charge in [-0.2, -0.15) is 0 Å². The second-order valence-corrected chi connectivity index (χ2v) is 4.50. The molecule has 21 heavy (non-hydrogen) atoms. The fourth-order valence-corrected chi connectivity index (χ4v) is 2.08. The zero-order valence-electron chi connectivity index (χ0n) is 11.2. The van der Waals surface area contributed by atoms with E-state index in [9.17, 15) is 9.59 Å². The van der Waals surface area contributed by atoms with Crippen molar-refractivity contribution in [2.24, 2.45) is 0 Å². The van der Waals surface area contributed by atoms with Gasteiger partial charge in [-0.3, -0.25) is 9.36 Å². The Bertz CT molecular complexity index is 821. The number of benzene rings is 1. The minimum absolute atomic E-state index is 0.167. The lowest BCUT2D eigenvalue weighted by Gasteiger charge is -2.04. The molecule has 0 atom stereocenters. The Kier molecular flexibility index (Phi) is 3.51. The molecule has 6 heteroatoms. The monoisotopic (exact) mass is 283 g/mol. The van der Waals surface area contributed by atoms with Crippen molar-refractivity contribution in [1.29, 1.82) is 0 Å². The lowest BCUT2D eigenvalue weighted by molar-refractivity contribution is -0.116. The number of nitrogens with one attached hydrogen (secondary N) is 1. The number of aromatic nitrogens is 2. The van der Waals surface area contributed by atoms with E-state index in [0.29, 0.717) is 16.9 Å². The third-order valence-electron chi connectivity index (χ3n) is 3.07. The number of hydrogen-bond donors (Lipinski definition) is 1. The molecule has 0 unspecified atom stereocenters. The summed E-state index contributed by atoms with van der Waals surface area (Å²) in [6, 6.07) is 12.4. The van der Waals surface area contributed by atoms with E-state index < -0.39 is 5.76 Å². The third-order valence-corrected chi connectivity index (χ3v) is 3.07. The highest BCUT2D eigenvalue weighted by Gasteiger charge is 2.10. The molecule has 106 valence electrons. The van der Waals surface area contributed by atoms with Gasteiger partial charge in [0.2, 0.25) is 5.91 Å². The summed E-state index contributed by atoms with van der Waals surface area (Å²) in [5.74, 6) is -0.167. The molecule has 1 N–H and O–H groups in total. The number of hydrogen-bond acceptors (Lipinski definition) is 4. The van der Waals surface area contributed by atoms with Crippen molar-refractivity contribution in [2.45, 2.75) is 13.0 Å². The normalized spacial score (nSPS) is 10.7. The molecule has 0 aliphatic carbocycles.